The lowest BCUT2D eigenvalue weighted by atomic mass is 10.1. The van der Waals surface area contributed by atoms with Crippen LogP contribution in [0.25, 0.3) is 0 Å². The number of nitrogens with one attached hydrogen (secondary N) is 1. The van der Waals surface area contributed by atoms with Gasteiger partial charge in [0.05, 0.1) is 6.10 Å². The third-order valence-corrected chi connectivity index (χ3v) is 3.22. The molecule has 1 aromatic carbocycles. The fourth-order valence-electron chi connectivity index (χ4n) is 1.83. The van der Waals surface area contributed by atoms with Gasteiger partial charge in [0, 0.05) is 19.3 Å². The third-order valence-electron chi connectivity index (χ3n) is 3.22. The second kappa shape index (κ2) is 5.40. The molecule has 0 bridgehead atoms. The first-order valence-corrected chi connectivity index (χ1v) is 6.36. The van der Waals surface area contributed by atoms with Gasteiger partial charge in [0.1, 0.15) is 0 Å². The summed E-state index contributed by atoms with van der Waals surface area (Å²) in [4.78, 5) is 13.6. The van der Waals surface area contributed by atoms with Crippen LogP contribution in [0.5, 0.6) is 0 Å². The van der Waals surface area contributed by atoms with Gasteiger partial charge in [0.25, 0.3) is 0 Å². The summed E-state index contributed by atoms with van der Waals surface area (Å²) in [5, 5.41) is 12.2. The number of hydrogen-bond acceptors (Lipinski definition) is 2. The van der Waals surface area contributed by atoms with Crippen LogP contribution < -0.4 is 5.32 Å². The number of nitrogens with zero attached hydrogens (tertiary/aromatic N) is 1. The Morgan fingerprint density at radius 3 is 2.56 bits per heavy atom. The van der Waals surface area contributed by atoms with Gasteiger partial charge in [-0.25, -0.2) is 4.79 Å². The molecule has 1 aliphatic rings. The summed E-state index contributed by atoms with van der Waals surface area (Å²) in [5.74, 6) is 0.693. The summed E-state index contributed by atoms with van der Waals surface area (Å²) in [7, 11) is 1.82. The minimum Gasteiger partial charge on any atom is -0.389 e. The molecule has 0 heterocycles. The zero-order chi connectivity index (χ0) is 13.1. The van der Waals surface area contributed by atoms with Crippen LogP contribution in [0.3, 0.4) is 0 Å². The number of carbonyl (C=O) groups excluding carboxylic acids is 1. The molecular formula is C14H20N2O2. The fraction of sp³-hybridized carbons (Fsp3) is 0.500. The van der Waals surface area contributed by atoms with Gasteiger partial charge in [-0.05, 0) is 43.4 Å². The van der Waals surface area contributed by atoms with Crippen LogP contribution in [-0.2, 0) is 0 Å². The highest BCUT2D eigenvalue weighted by molar-refractivity contribution is 5.89. The van der Waals surface area contributed by atoms with E-state index in [-0.39, 0.29) is 6.03 Å². The molecular weight excluding hydrogens is 228 g/mol. The smallest absolute Gasteiger partial charge is 0.321 e. The summed E-state index contributed by atoms with van der Waals surface area (Å²) in [6, 6.07) is 7.18. The molecule has 98 valence electrons. The van der Waals surface area contributed by atoms with E-state index in [0.717, 1.165) is 17.8 Å². The van der Waals surface area contributed by atoms with Crippen molar-refractivity contribution in [2.45, 2.75) is 25.9 Å². The lowest BCUT2D eigenvalue weighted by molar-refractivity contribution is 0.199. The molecule has 0 aromatic heterocycles. The van der Waals surface area contributed by atoms with Gasteiger partial charge in [0.15, 0.2) is 0 Å². The Balaban J connectivity index is 1.89. The van der Waals surface area contributed by atoms with E-state index in [1.54, 1.807) is 11.8 Å². The predicted octanol–water partition coefficient (Wildman–Crippen LogP) is 2.61. The summed E-state index contributed by atoms with van der Waals surface area (Å²) in [6.45, 7) is 2.55. The van der Waals surface area contributed by atoms with E-state index in [1.807, 2.05) is 31.3 Å². The average Bonchev–Trinajstić information content (AvgIpc) is 3.13. The normalized spacial score (nSPS) is 16.2. The summed E-state index contributed by atoms with van der Waals surface area (Å²) >= 11 is 0. The maximum absolute atomic E-state index is 11.9. The largest absolute Gasteiger partial charge is 0.389 e. The molecule has 4 nitrogen and oxygen atoms in total. The van der Waals surface area contributed by atoms with E-state index in [4.69, 9.17) is 0 Å². The zero-order valence-corrected chi connectivity index (χ0v) is 10.9. The van der Waals surface area contributed by atoms with Crippen molar-refractivity contribution < 1.29 is 9.90 Å². The van der Waals surface area contributed by atoms with Gasteiger partial charge in [-0.2, -0.15) is 0 Å². The van der Waals surface area contributed by atoms with Gasteiger partial charge in [0.2, 0.25) is 0 Å². The molecule has 2 rings (SSSR count). The molecule has 1 aliphatic carbocycles. The monoisotopic (exact) mass is 248 g/mol. The van der Waals surface area contributed by atoms with Crippen LogP contribution in [0.2, 0.25) is 0 Å². The first kappa shape index (κ1) is 12.9. The van der Waals surface area contributed by atoms with E-state index in [1.165, 1.54) is 12.8 Å². The first-order valence-electron chi connectivity index (χ1n) is 6.36. The third kappa shape index (κ3) is 3.47. The molecule has 4 heteroatoms. The van der Waals surface area contributed by atoms with Crippen LogP contribution in [0, 0.1) is 5.92 Å². The number of urea groups is 1. The van der Waals surface area contributed by atoms with Crippen molar-refractivity contribution in [1.82, 2.24) is 4.90 Å². The first-order chi connectivity index (χ1) is 8.56. The molecule has 1 atom stereocenters. The zero-order valence-electron chi connectivity index (χ0n) is 10.9. The lowest BCUT2D eigenvalue weighted by Crippen LogP contribution is -2.32. The van der Waals surface area contributed by atoms with Crippen LogP contribution >= 0.6 is 0 Å². The van der Waals surface area contributed by atoms with Crippen LogP contribution in [0.15, 0.2) is 24.3 Å². The van der Waals surface area contributed by atoms with E-state index in [9.17, 15) is 9.90 Å². The molecule has 2 amide bonds. The molecule has 1 unspecified atom stereocenters. The number of anilines is 1. The van der Waals surface area contributed by atoms with Gasteiger partial charge in [-0.15, -0.1) is 0 Å². The van der Waals surface area contributed by atoms with Crippen molar-refractivity contribution in [3.63, 3.8) is 0 Å². The summed E-state index contributed by atoms with van der Waals surface area (Å²) < 4.78 is 0. The van der Waals surface area contributed by atoms with Crippen LogP contribution in [0.1, 0.15) is 31.4 Å². The van der Waals surface area contributed by atoms with Crippen molar-refractivity contribution in [2.75, 3.05) is 18.9 Å². The fourth-order valence-corrected chi connectivity index (χ4v) is 1.83. The van der Waals surface area contributed by atoms with E-state index in [2.05, 4.69) is 5.32 Å². The maximum atomic E-state index is 11.9. The molecule has 0 saturated heterocycles. The Kier molecular flexibility index (Phi) is 3.87. The van der Waals surface area contributed by atoms with Crippen molar-refractivity contribution >= 4 is 11.7 Å². The minimum absolute atomic E-state index is 0.0771. The number of aliphatic hydroxyl groups excluding tert-OH is 1. The maximum Gasteiger partial charge on any atom is 0.321 e. The molecule has 2 N–H and O–H groups in total. The number of benzene rings is 1. The Bertz CT molecular complexity index is 410. The molecule has 18 heavy (non-hydrogen) atoms. The standard InChI is InChI=1S/C14H20N2O2/c1-10(17)12-5-7-13(8-6-12)15-14(18)16(2)9-11-3-4-11/h5-8,10-11,17H,3-4,9H2,1-2H3,(H,15,18). The quantitative estimate of drug-likeness (QED) is 0.860. The number of rotatable bonds is 4. The van der Waals surface area contributed by atoms with Gasteiger partial charge < -0.3 is 15.3 Å². The van der Waals surface area contributed by atoms with Crippen LogP contribution in [0.4, 0.5) is 10.5 Å². The lowest BCUT2D eigenvalue weighted by Gasteiger charge is -2.17. The highest BCUT2D eigenvalue weighted by Crippen LogP contribution is 2.29. The van der Waals surface area contributed by atoms with Crippen molar-refractivity contribution in [1.29, 1.82) is 0 Å². The SMILES string of the molecule is CC(O)c1ccc(NC(=O)N(C)CC2CC2)cc1. The van der Waals surface area contributed by atoms with E-state index in [0.29, 0.717) is 5.92 Å². The van der Waals surface area contributed by atoms with E-state index >= 15 is 0 Å². The molecule has 1 fully saturated rings. The molecule has 1 saturated carbocycles. The molecule has 1 aromatic rings. The Morgan fingerprint density at radius 1 is 1.44 bits per heavy atom. The number of aliphatic hydroxyl groups is 1. The van der Waals surface area contributed by atoms with Gasteiger partial charge in [-0.3, -0.25) is 0 Å². The number of hydrogen-bond donors (Lipinski definition) is 2. The van der Waals surface area contributed by atoms with Crippen molar-refractivity contribution in [3.05, 3.63) is 29.8 Å². The van der Waals surface area contributed by atoms with Gasteiger partial charge >= 0.3 is 6.03 Å². The van der Waals surface area contributed by atoms with Crippen molar-refractivity contribution in [2.24, 2.45) is 5.92 Å². The Labute approximate surface area is 108 Å². The summed E-state index contributed by atoms with van der Waals surface area (Å²) in [5.41, 5.74) is 1.60. The van der Waals surface area contributed by atoms with Crippen molar-refractivity contribution in [3.8, 4) is 0 Å². The van der Waals surface area contributed by atoms with E-state index < -0.39 is 6.10 Å². The van der Waals surface area contributed by atoms with Crippen LogP contribution in [-0.4, -0.2) is 29.6 Å². The second-order valence-corrected chi connectivity index (χ2v) is 5.05. The Morgan fingerprint density at radius 2 is 2.06 bits per heavy atom. The topological polar surface area (TPSA) is 52.6 Å². The second-order valence-electron chi connectivity index (χ2n) is 5.05. The summed E-state index contributed by atoms with van der Waals surface area (Å²) in [6.07, 6.45) is 1.99. The predicted molar refractivity (Wildman–Crippen MR) is 71.4 cm³/mol. The molecule has 0 aliphatic heterocycles. The highest BCUT2D eigenvalue weighted by Gasteiger charge is 2.24. The van der Waals surface area contributed by atoms with Gasteiger partial charge in [-0.1, -0.05) is 12.1 Å². The molecule has 0 spiro atoms. The highest BCUT2D eigenvalue weighted by atomic mass is 16.3. The Hall–Kier alpha value is -1.55. The number of amides is 2. The number of carbonyl (C=O) groups is 1. The minimum atomic E-state index is -0.479. The average molecular weight is 248 g/mol. The molecule has 0 radical (unpaired) electrons.